The molecule has 170 valence electrons. The number of amides is 2. The Balaban J connectivity index is 1.84. The first-order valence-corrected chi connectivity index (χ1v) is 10.7. The third-order valence-corrected chi connectivity index (χ3v) is 5.50. The van der Waals surface area contributed by atoms with E-state index in [0.717, 1.165) is 11.1 Å². The van der Waals surface area contributed by atoms with Crippen molar-refractivity contribution in [2.24, 2.45) is 0 Å². The maximum Gasteiger partial charge on any atom is 0.279 e. The number of carbonyl (C=O) groups is 2. The predicted octanol–water partition coefficient (Wildman–Crippen LogP) is 5.26. The maximum absolute atomic E-state index is 13.8. The molecule has 0 bridgehead atoms. The second-order valence-corrected chi connectivity index (χ2v) is 7.84. The number of aromatic nitrogens is 2. The van der Waals surface area contributed by atoms with Gasteiger partial charge in [0.25, 0.3) is 11.8 Å². The highest BCUT2D eigenvalue weighted by Crippen LogP contribution is 2.31. The molecular formula is C27H23FN4O2. The van der Waals surface area contributed by atoms with Crippen LogP contribution in [0.15, 0.2) is 91.4 Å². The van der Waals surface area contributed by atoms with Gasteiger partial charge in [-0.05, 0) is 66.9 Å². The number of benzene rings is 3. The second-order valence-electron chi connectivity index (χ2n) is 7.84. The van der Waals surface area contributed by atoms with Crippen LogP contribution in [0.5, 0.6) is 0 Å². The molecule has 0 aliphatic heterocycles. The lowest BCUT2D eigenvalue weighted by atomic mass is 10.0. The molecule has 0 aliphatic carbocycles. The van der Waals surface area contributed by atoms with Crippen molar-refractivity contribution in [2.75, 3.05) is 10.2 Å². The molecule has 0 aliphatic rings. The molecule has 0 fully saturated rings. The van der Waals surface area contributed by atoms with E-state index in [9.17, 15) is 14.0 Å². The van der Waals surface area contributed by atoms with Crippen LogP contribution < -0.4 is 10.2 Å². The second kappa shape index (κ2) is 10.0. The summed E-state index contributed by atoms with van der Waals surface area (Å²) in [6, 6.07) is 19.0. The molecule has 0 unspecified atom stereocenters. The molecule has 0 saturated carbocycles. The summed E-state index contributed by atoms with van der Waals surface area (Å²) in [4.78, 5) is 37.0. The van der Waals surface area contributed by atoms with Gasteiger partial charge in [-0.15, -0.1) is 0 Å². The molecule has 4 rings (SSSR count). The van der Waals surface area contributed by atoms with Gasteiger partial charge in [0.2, 0.25) is 0 Å². The zero-order valence-electron chi connectivity index (χ0n) is 18.8. The number of nitrogens with zero attached hydrogens (tertiary/aromatic N) is 3. The number of aryl methyl sites for hydroxylation is 2. The number of anilines is 2. The van der Waals surface area contributed by atoms with Gasteiger partial charge in [-0.2, -0.15) is 0 Å². The average molecular weight is 455 g/mol. The molecule has 4 aromatic rings. The lowest BCUT2D eigenvalue weighted by Crippen LogP contribution is -2.42. The number of halogens is 1. The van der Waals surface area contributed by atoms with Crippen LogP contribution in [0, 0.1) is 19.7 Å². The number of carbonyl (C=O) groups excluding carboxylic acids is 2. The summed E-state index contributed by atoms with van der Waals surface area (Å²) in [5.41, 5.74) is 3.71. The van der Waals surface area contributed by atoms with Crippen molar-refractivity contribution in [1.29, 1.82) is 0 Å². The Hall–Kier alpha value is -4.39. The van der Waals surface area contributed by atoms with Gasteiger partial charge in [-0.25, -0.2) is 9.37 Å². The van der Waals surface area contributed by atoms with Crippen molar-refractivity contribution in [3.8, 4) is 0 Å². The zero-order chi connectivity index (χ0) is 24.1. The Bertz CT molecular complexity index is 1300. The summed E-state index contributed by atoms with van der Waals surface area (Å²) >= 11 is 0. The first kappa shape index (κ1) is 22.8. The van der Waals surface area contributed by atoms with E-state index in [1.54, 1.807) is 30.3 Å². The molecule has 34 heavy (non-hydrogen) atoms. The van der Waals surface area contributed by atoms with Crippen molar-refractivity contribution in [2.45, 2.75) is 19.9 Å². The number of hydrogen-bond donors (Lipinski definition) is 1. The normalized spacial score (nSPS) is 11.5. The minimum atomic E-state index is -1.03. The molecule has 1 heterocycles. The molecule has 0 saturated heterocycles. The summed E-state index contributed by atoms with van der Waals surface area (Å²) in [7, 11) is 0. The summed E-state index contributed by atoms with van der Waals surface area (Å²) in [6.45, 7) is 3.92. The Morgan fingerprint density at radius 1 is 0.912 bits per heavy atom. The first-order chi connectivity index (χ1) is 16.4. The Kier molecular flexibility index (Phi) is 6.73. The van der Waals surface area contributed by atoms with E-state index in [-0.39, 0.29) is 5.69 Å². The van der Waals surface area contributed by atoms with Gasteiger partial charge in [-0.3, -0.25) is 19.5 Å². The van der Waals surface area contributed by atoms with E-state index in [1.807, 2.05) is 32.0 Å². The minimum absolute atomic E-state index is 0.108. The van der Waals surface area contributed by atoms with Gasteiger partial charge < -0.3 is 5.32 Å². The van der Waals surface area contributed by atoms with E-state index in [1.165, 1.54) is 47.8 Å². The fourth-order valence-corrected chi connectivity index (χ4v) is 3.59. The summed E-state index contributed by atoms with van der Waals surface area (Å²) in [5, 5.41) is 2.81. The summed E-state index contributed by atoms with van der Waals surface area (Å²) in [5.74, 6) is -1.33. The van der Waals surface area contributed by atoms with Gasteiger partial charge in [0.05, 0.1) is 6.20 Å². The Morgan fingerprint density at radius 3 is 2.29 bits per heavy atom. The van der Waals surface area contributed by atoms with E-state index in [4.69, 9.17) is 0 Å². The predicted molar refractivity (Wildman–Crippen MR) is 129 cm³/mol. The summed E-state index contributed by atoms with van der Waals surface area (Å²) in [6.07, 6.45) is 4.28. The topological polar surface area (TPSA) is 75.2 Å². The van der Waals surface area contributed by atoms with Crippen LogP contribution in [0.2, 0.25) is 0 Å². The smallest absolute Gasteiger partial charge is 0.279 e. The van der Waals surface area contributed by atoms with Gasteiger partial charge in [0, 0.05) is 23.8 Å². The van der Waals surface area contributed by atoms with E-state index >= 15 is 0 Å². The fraction of sp³-hybridized carbons (Fsp3) is 0.111. The molecule has 1 atom stereocenters. The highest BCUT2D eigenvalue weighted by atomic mass is 19.1. The number of nitrogens with one attached hydrogen (secondary N) is 1. The Morgan fingerprint density at radius 2 is 1.65 bits per heavy atom. The van der Waals surface area contributed by atoms with Crippen molar-refractivity contribution in [3.63, 3.8) is 0 Å². The van der Waals surface area contributed by atoms with Crippen LogP contribution in [0.4, 0.5) is 15.8 Å². The van der Waals surface area contributed by atoms with Gasteiger partial charge in [-0.1, -0.05) is 36.4 Å². The lowest BCUT2D eigenvalue weighted by Gasteiger charge is -2.31. The molecular weight excluding hydrogens is 431 g/mol. The number of rotatable bonds is 6. The van der Waals surface area contributed by atoms with E-state index < -0.39 is 23.7 Å². The largest absolute Gasteiger partial charge is 0.324 e. The molecule has 1 aromatic heterocycles. The van der Waals surface area contributed by atoms with Crippen LogP contribution in [-0.4, -0.2) is 21.8 Å². The van der Waals surface area contributed by atoms with Gasteiger partial charge >= 0.3 is 0 Å². The lowest BCUT2D eigenvalue weighted by molar-refractivity contribution is -0.117. The SMILES string of the molecule is Cc1ccc(N(C(=O)c2cnccn2)[C@@H](C(=O)Nc2ccc(F)cc2)c2ccccc2)cc1C. The third-order valence-electron chi connectivity index (χ3n) is 5.50. The van der Waals surface area contributed by atoms with Crippen LogP contribution in [0.3, 0.4) is 0 Å². The zero-order valence-corrected chi connectivity index (χ0v) is 18.8. The van der Waals surface area contributed by atoms with Crippen LogP contribution in [-0.2, 0) is 4.79 Å². The summed E-state index contributed by atoms with van der Waals surface area (Å²) < 4.78 is 13.4. The van der Waals surface area contributed by atoms with Gasteiger partial charge in [0.15, 0.2) is 0 Å². The number of hydrogen-bond acceptors (Lipinski definition) is 4. The van der Waals surface area contributed by atoms with E-state index in [0.29, 0.717) is 16.9 Å². The van der Waals surface area contributed by atoms with Gasteiger partial charge in [0.1, 0.15) is 17.6 Å². The quantitative estimate of drug-likeness (QED) is 0.431. The minimum Gasteiger partial charge on any atom is -0.324 e. The molecule has 3 aromatic carbocycles. The van der Waals surface area contributed by atoms with Crippen molar-refractivity contribution in [1.82, 2.24) is 9.97 Å². The van der Waals surface area contributed by atoms with E-state index in [2.05, 4.69) is 15.3 Å². The molecule has 7 heteroatoms. The third kappa shape index (κ3) is 4.99. The molecule has 2 amide bonds. The molecule has 0 spiro atoms. The fourth-order valence-electron chi connectivity index (χ4n) is 3.59. The molecule has 1 N–H and O–H groups in total. The maximum atomic E-state index is 13.8. The monoisotopic (exact) mass is 454 g/mol. The van der Waals surface area contributed by atoms with Crippen molar-refractivity contribution >= 4 is 23.2 Å². The first-order valence-electron chi connectivity index (χ1n) is 10.7. The standard InChI is InChI=1S/C27H23FN4O2/c1-18-8-13-23(16-19(18)2)32(27(34)24-17-29-14-15-30-24)25(20-6-4-3-5-7-20)26(33)31-22-11-9-21(28)10-12-22/h3-17,25H,1-2H3,(H,31,33)/t25-/m1/s1. The van der Waals surface area contributed by atoms with Crippen molar-refractivity contribution in [3.05, 3.63) is 120 Å². The highest BCUT2D eigenvalue weighted by molar-refractivity contribution is 6.11. The average Bonchev–Trinajstić information content (AvgIpc) is 2.86. The highest BCUT2D eigenvalue weighted by Gasteiger charge is 2.34. The molecule has 0 radical (unpaired) electrons. The van der Waals surface area contributed by atoms with Crippen LogP contribution >= 0.6 is 0 Å². The van der Waals surface area contributed by atoms with Crippen molar-refractivity contribution < 1.29 is 14.0 Å². The van der Waals surface area contributed by atoms with Crippen LogP contribution in [0.1, 0.15) is 33.2 Å². The Labute approximate surface area is 197 Å². The van der Waals surface area contributed by atoms with Crippen LogP contribution in [0.25, 0.3) is 0 Å². The molecule has 6 nitrogen and oxygen atoms in total.